The second-order valence-corrected chi connectivity index (χ2v) is 6.79. The smallest absolute Gasteiger partial charge is 0.242 e. The van der Waals surface area contributed by atoms with Crippen molar-refractivity contribution in [1.29, 1.82) is 0 Å². The van der Waals surface area contributed by atoms with Gasteiger partial charge in [0.1, 0.15) is 10.0 Å². The van der Waals surface area contributed by atoms with Gasteiger partial charge in [0.05, 0.1) is 5.02 Å². The quantitative estimate of drug-likeness (QED) is 0.876. The van der Waals surface area contributed by atoms with E-state index in [0.717, 1.165) is 11.1 Å². The largest absolute Gasteiger partial charge is 0.242 e. The second-order valence-electron chi connectivity index (χ2n) is 4.25. The number of halogens is 2. The number of hydrogen-bond acceptors (Lipinski definition) is 3. The molecule has 1 heterocycles. The highest BCUT2D eigenvalue weighted by atomic mass is 35.5. The highest BCUT2D eigenvalue weighted by Crippen LogP contribution is 2.22. The van der Waals surface area contributed by atoms with Crippen LogP contribution in [-0.4, -0.2) is 13.4 Å². The minimum absolute atomic E-state index is 0.0148. The van der Waals surface area contributed by atoms with Gasteiger partial charge in [-0.2, -0.15) is 0 Å². The number of benzene rings is 1. The Morgan fingerprint density at radius 1 is 1.20 bits per heavy atom. The molecule has 0 bridgehead atoms. The Morgan fingerprint density at radius 3 is 2.45 bits per heavy atom. The Labute approximate surface area is 127 Å². The Morgan fingerprint density at radius 2 is 1.85 bits per heavy atom. The Balaban J connectivity index is 2.14. The van der Waals surface area contributed by atoms with Gasteiger partial charge in [-0.05, 0) is 18.6 Å². The SMILES string of the molecule is Cc1ccc(CNS(=O)(=O)c2cnc(Cl)c(Cl)c2)cc1. The maximum Gasteiger partial charge on any atom is 0.242 e. The fraction of sp³-hybridized carbons (Fsp3) is 0.154. The molecule has 0 spiro atoms. The lowest BCUT2D eigenvalue weighted by Gasteiger charge is -2.07. The Hall–Kier alpha value is -1.14. The van der Waals surface area contributed by atoms with Crippen LogP contribution in [0.2, 0.25) is 10.2 Å². The molecule has 0 radical (unpaired) electrons. The molecule has 0 amide bonds. The zero-order chi connectivity index (χ0) is 14.8. The first-order chi connectivity index (χ1) is 9.38. The standard InChI is InChI=1S/C13H12Cl2N2O2S/c1-9-2-4-10(5-3-9)7-17-20(18,19)11-6-12(14)13(15)16-8-11/h2-6,8,17H,7H2,1H3. The van der Waals surface area contributed by atoms with Gasteiger partial charge < -0.3 is 0 Å². The molecule has 0 unspecified atom stereocenters. The molecule has 2 rings (SSSR count). The van der Waals surface area contributed by atoms with E-state index >= 15 is 0 Å². The molecule has 7 heteroatoms. The molecule has 0 fully saturated rings. The van der Waals surface area contributed by atoms with E-state index in [9.17, 15) is 8.42 Å². The monoisotopic (exact) mass is 330 g/mol. The molecule has 0 saturated carbocycles. The average molecular weight is 331 g/mol. The Kier molecular flexibility index (Phi) is 4.65. The summed E-state index contributed by atoms with van der Waals surface area (Å²) in [4.78, 5) is 3.71. The predicted octanol–water partition coefficient (Wildman–Crippen LogP) is 3.18. The van der Waals surface area contributed by atoms with Gasteiger partial charge in [-0.1, -0.05) is 53.0 Å². The Bertz CT molecular complexity index is 716. The van der Waals surface area contributed by atoms with E-state index < -0.39 is 10.0 Å². The zero-order valence-electron chi connectivity index (χ0n) is 10.6. The van der Waals surface area contributed by atoms with Gasteiger partial charge in [-0.25, -0.2) is 18.1 Å². The minimum Gasteiger partial charge on any atom is -0.242 e. The molecule has 106 valence electrons. The van der Waals surface area contributed by atoms with E-state index in [1.54, 1.807) is 0 Å². The summed E-state index contributed by atoms with van der Waals surface area (Å²) < 4.78 is 26.7. The van der Waals surface area contributed by atoms with Crippen molar-refractivity contribution in [3.63, 3.8) is 0 Å². The van der Waals surface area contributed by atoms with Crippen LogP contribution in [0.25, 0.3) is 0 Å². The predicted molar refractivity (Wildman–Crippen MR) is 79.5 cm³/mol. The number of hydrogen-bond donors (Lipinski definition) is 1. The van der Waals surface area contributed by atoms with Crippen molar-refractivity contribution in [3.05, 3.63) is 57.8 Å². The van der Waals surface area contributed by atoms with Crippen LogP contribution in [0, 0.1) is 6.92 Å². The molecule has 1 aromatic heterocycles. The fourth-order valence-corrected chi connectivity index (χ4v) is 2.84. The first-order valence-corrected chi connectivity index (χ1v) is 7.98. The highest BCUT2D eigenvalue weighted by Gasteiger charge is 2.15. The van der Waals surface area contributed by atoms with Crippen molar-refractivity contribution in [3.8, 4) is 0 Å². The first kappa shape index (κ1) is 15.3. The minimum atomic E-state index is -3.66. The van der Waals surface area contributed by atoms with Gasteiger partial charge in [0.15, 0.2) is 0 Å². The number of nitrogens with zero attached hydrogens (tertiary/aromatic N) is 1. The van der Waals surface area contributed by atoms with Crippen molar-refractivity contribution < 1.29 is 8.42 Å². The third-order valence-corrected chi connectivity index (χ3v) is 4.72. The number of nitrogens with one attached hydrogen (secondary N) is 1. The summed E-state index contributed by atoms with van der Waals surface area (Å²) in [7, 11) is -3.66. The van der Waals surface area contributed by atoms with Gasteiger partial charge in [0, 0.05) is 12.7 Å². The maximum absolute atomic E-state index is 12.1. The van der Waals surface area contributed by atoms with Crippen LogP contribution in [0.4, 0.5) is 0 Å². The number of aromatic nitrogens is 1. The number of sulfonamides is 1. The van der Waals surface area contributed by atoms with Gasteiger partial charge >= 0.3 is 0 Å². The molecule has 2 aromatic rings. The van der Waals surface area contributed by atoms with Crippen LogP contribution in [-0.2, 0) is 16.6 Å². The molecule has 0 aliphatic rings. The van der Waals surface area contributed by atoms with Crippen molar-refractivity contribution in [1.82, 2.24) is 9.71 Å². The molecular weight excluding hydrogens is 319 g/mol. The van der Waals surface area contributed by atoms with Gasteiger partial charge in [0.2, 0.25) is 10.0 Å². The van der Waals surface area contributed by atoms with Crippen molar-refractivity contribution >= 4 is 33.2 Å². The number of aryl methyl sites for hydroxylation is 1. The molecule has 1 aromatic carbocycles. The van der Waals surface area contributed by atoms with Crippen LogP contribution in [0.3, 0.4) is 0 Å². The number of pyridine rings is 1. The number of rotatable bonds is 4. The van der Waals surface area contributed by atoms with Crippen LogP contribution in [0.15, 0.2) is 41.4 Å². The van der Waals surface area contributed by atoms with E-state index in [1.165, 1.54) is 12.3 Å². The summed E-state index contributed by atoms with van der Waals surface area (Å²) in [6.45, 7) is 2.16. The molecular formula is C13H12Cl2N2O2S. The molecule has 0 aliphatic heterocycles. The van der Waals surface area contributed by atoms with Crippen LogP contribution in [0.1, 0.15) is 11.1 Å². The third kappa shape index (κ3) is 3.70. The summed E-state index contributed by atoms with van der Waals surface area (Å²) in [5.74, 6) is 0. The van der Waals surface area contributed by atoms with Gasteiger partial charge in [0.25, 0.3) is 0 Å². The maximum atomic E-state index is 12.1. The van der Waals surface area contributed by atoms with E-state index in [0.29, 0.717) is 0 Å². The van der Waals surface area contributed by atoms with E-state index in [1.807, 2.05) is 31.2 Å². The first-order valence-electron chi connectivity index (χ1n) is 5.75. The van der Waals surface area contributed by atoms with Crippen molar-refractivity contribution in [2.75, 3.05) is 0 Å². The summed E-state index contributed by atoms with van der Waals surface area (Å²) >= 11 is 11.4. The van der Waals surface area contributed by atoms with Crippen molar-refractivity contribution in [2.45, 2.75) is 18.4 Å². The topological polar surface area (TPSA) is 59.1 Å². The normalized spacial score (nSPS) is 11.6. The molecule has 4 nitrogen and oxygen atoms in total. The summed E-state index contributed by atoms with van der Waals surface area (Å²) in [5.41, 5.74) is 1.98. The average Bonchev–Trinajstić information content (AvgIpc) is 2.41. The molecule has 0 atom stereocenters. The van der Waals surface area contributed by atoms with E-state index in [4.69, 9.17) is 23.2 Å². The summed E-state index contributed by atoms with van der Waals surface area (Å²) in [5, 5.41) is 0.175. The van der Waals surface area contributed by atoms with Gasteiger partial charge in [-0.15, -0.1) is 0 Å². The van der Waals surface area contributed by atoms with E-state index in [2.05, 4.69) is 9.71 Å². The van der Waals surface area contributed by atoms with Gasteiger partial charge in [-0.3, -0.25) is 0 Å². The van der Waals surface area contributed by atoms with Crippen LogP contribution in [0.5, 0.6) is 0 Å². The van der Waals surface area contributed by atoms with Crippen molar-refractivity contribution in [2.24, 2.45) is 0 Å². The summed E-state index contributed by atoms with van der Waals surface area (Å²) in [6.07, 6.45) is 1.17. The lowest BCUT2D eigenvalue weighted by atomic mass is 10.2. The van der Waals surface area contributed by atoms with E-state index in [-0.39, 0.29) is 21.6 Å². The lowest BCUT2D eigenvalue weighted by Crippen LogP contribution is -2.23. The lowest BCUT2D eigenvalue weighted by molar-refractivity contribution is 0.581. The molecule has 20 heavy (non-hydrogen) atoms. The molecule has 1 N–H and O–H groups in total. The third-order valence-electron chi connectivity index (χ3n) is 2.67. The fourth-order valence-electron chi connectivity index (χ4n) is 1.52. The van der Waals surface area contributed by atoms with Crippen LogP contribution >= 0.6 is 23.2 Å². The zero-order valence-corrected chi connectivity index (χ0v) is 12.9. The molecule has 0 aliphatic carbocycles. The molecule has 0 saturated heterocycles. The van der Waals surface area contributed by atoms with Crippen LogP contribution < -0.4 is 4.72 Å². The summed E-state index contributed by atoms with van der Waals surface area (Å²) in [6, 6.07) is 8.85. The highest BCUT2D eigenvalue weighted by molar-refractivity contribution is 7.89. The second kappa shape index (κ2) is 6.10.